The molecule has 10 heteroatoms. The van der Waals surface area contributed by atoms with Crippen molar-refractivity contribution < 1.29 is 34.5 Å². The number of amides is 2. The Morgan fingerprint density at radius 1 is 0.840 bits per heavy atom. The van der Waals surface area contributed by atoms with Crippen molar-refractivity contribution in [1.82, 2.24) is 15.7 Å². The number of nitrogens with zero attached hydrogens (tertiary/aromatic N) is 1. The Morgan fingerprint density at radius 3 is 2.24 bits per heavy atom. The van der Waals surface area contributed by atoms with Crippen LogP contribution in [0.1, 0.15) is 78.9 Å². The van der Waals surface area contributed by atoms with E-state index in [1.807, 2.05) is 117 Å². The molecule has 50 heavy (non-hydrogen) atoms. The zero-order valence-corrected chi connectivity index (χ0v) is 28.6. The van der Waals surface area contributed by atoms with E-state index >= 15 is 0 Å². The molecule has 2 amide bonds. The van der Waals surface area contributed by atoms with Gasteiger partial charge in [0.2, 0.25) is 11.8 Å². The highest BCUT2D eigenvalue weighted by Gasteiger charge is 2.34. The Morgan fingerprint density at radius 2 is 1.54 bits per heavy atom. The number of hydrogen-bond donors (Lipinski definition) is 5. The molecule has 4 aromatic carbocycles. The predicted octanol–water partition coefficient (Wildman–Crippen LogP) is 5.74. The van der Waals surface area contributed by atoms with E-state index in [4.69, 9.17) is 14.7 Å². The van der Waals surface area contributed by atoms with Crippen LogP contribution in [0.25, 0.3) is 11.1 Å². The van der Waals surface area contributed by atoms with Gasteiger partial charge in [-0.2, -0.15) is 0 Å². The highest BCUT2D eigenvalue weighted by molar-refractivity contribution is 5.78. The molecule has 10 nitrogen and oxygen atoms in total. The first-order chi connectivity index (χ1) is 24.2. The zero-order valence-electron chi connectivity index (χ0n) is 28.6. The van der Waals surface area contributed by atoms with E-state index in [-0.39, 0.29) is 43.6 Å². The highest BCUT2D eigenvalue weighted by Crippen LogP contribution is 2.39. The van der Waals surface area contributed by atoms with Crippen molar-refractivity contribution in [1.29, 1.82) is 0 Å². The van der Waals surface area contributed by atoms with Gasteiger partial charge in [0.05, 0.1) is 24.9 Å². The summed E-state index contributed by atoms with van der Waals surface area (Å²) in [6, 6.07) is 33.4. The van der Waals surface area contributed by atoms with Crippen molar-refractivity contribution >= 4 is 11.8 Å². The van der Waals surface area contributed by atoms with Crippen LogP contribution in [-0.2, 0) is 32.2 Å². The number of ether oxygens (including phenoxy) is 2. The summed E-state index contributed by atoms with van der Waals surface area (Å²) in [6.07, 6.45) is -0.402. The van der Waals surface area contributed by atoms with Crippen molar-refractivity contribution in [2.75, 3.05) is 13.6 Å². The van der Waals surface area contributed by atoms with Gasteiger partial charge >= 0.3 is 0 Å². The molecule has 5 N–H and O–H groups in total. The zero-order chi connectivity index (χ0) is 35.5. The lowest BCUT2D eigenvalue weighted by atomic mass is 9.98. The smallest absolute Gasteiger partial charge is 0.243 e. The molecule has 4 aromatic rings. The largest absolute Gasteiger partial charge is 0.392 e. The van der Waals surface area contributed by atoms with Gasteiger partial charge in [-0.05, 0) is 59.8 Å². The van der Waals surface area contributed by atoms with Gasteiger partial charge in [0.1, 0.15) is 0 Å². The summed E-state index contributed by atoms with van der Waals surface area (Å²) < 4.78 is 13.1. The Kier molecular flexibility index (Phi) is 13.3. The molecule has 5 unspecified atom stereocenters. The Hall–Kier alpha value is -4.42. The first-order valence-electron chi connectivity index (χ1n) is 17.1. The van der Waals surface area contributed by atoms with Gasteiger partial charge in [0.25, 0.3) is 0 Å². The Labute approximate surface area is 293 Å². The van der Waals surface area contributed by atoms with Crippen molar-refractivity contribution in [2.45, 2.75) is 76.4 Å². The average molecular weight is 682 g/mol. The summed E-state index contributed by atoms with van der Waals surface area (Å²) in [5.74, 6) is -0.671. The van der Waals surface area contributed by atoms with Crippen LogP contribution >= 0.6 is 0 Å². The van der Waals surface area contributed by atoms with Gasteiger partial charge in [-0.25, -0.2) is 5.48 Å². The van der Waals surface area contributed by atoms with Crippen LogP contribution < -0.4 is 10.8 Å². The normalized spacial score (nSPS) is 18.7. The molecule has 264 valence electrons. The van der Waals surface area contributed by atoms with Crippen LogP contribution in [0.4, 0.5) is 0 Å². The van der Waals surface area contributed by atoms with E-state index in [2.05, 4.69) is 10.2 Å². The van der Waals surface area contributed by atoms with Gasteiger partial charge in [-0.15, -0.1) is 0 Å². The third kappa shape index (κ3) is 10.1. The number of hydrogen-bond acceptors (Lipinski definition) is 8. The third-order valence-corrected chi connectivity index (χ3v) is 9.27. The van der Waals surface area contributed by atoms with E-state index in [1.54, 1.807) is 5.48 Å². The van der Waals surface area contributed by atoms with Crippen LogP contribution in [0.3, 0.4) is 0 Å². The monoisotopic (exact) mass is 681 g/mol. The maximum absolute atomic E-state index is 12.2. The van der Waals surface area contributed by atoms with Crippen molar-refractivity contribution in [3.63, 3.8) is 0 Å². The second kappa shape index (κ2) is 18.0. The number of hydroxylamine groups is 1. The SMILES string of the molecule is CC(C(O)c1ccccc1)N(C)CC1CC(c2ccc(CO)cc2)OC(c2ccc(-c3cccc(CNC(=O)CCCC(=O)NO)c3)cc2)O1. The topological polar surface area (TPSA) is 141 Å². The quantitative estimate of drug-likeness (QED) is 0.0791. The lowest BCUT2D eigenvalue weighted by Crippen LogP contribution is -2.43. The summed E-state index contributed by atoms with van der Waals surface area (Å²) in [5, 5.41) is 32.1. The van der Waals surface area contributed by atoms with Gasteiger partial charge in [-0.3, -0.25) is 19.7 Å². The standard InChI is InChI=1S/C40H47N3O7/c1-27(39(47)32-9-4-3-5-10-32)43(2)25-35-23-36(31-16-14-28(26-44)15-17-31)50-40(49-35)33-20-18-30(19-21-33)34-11-6-8-29(22-34)24-41-37(45)12-7-13-38(46)42-48/h3-6,8-11,14-22,27,35-36,39-40,44,47-48H,7,12-13,23-26H2,1-2H3,(H,41,45)(H,42,46). The fourth-order valence-electron chi connectivity index (χ4n) is 6.14. The van der Waals surface area contributed by atoms with Gasteiger partial charge in [-0.1, -0.05) is 97.1 Å². The minimum atomic E-state index is -0.645. The molecular formula is C40H47N3O7. The fraction of sp³-hybridized carbons (Fsp3) is 0.350. The van der Waals surface area contributed by atoms with E-state index in [0.29, 0.717) is 25.9 Å². The van der Waals surface area contributed by atoms with Crippen LogP contribution in [0.5, 0.6) is 0 Å². The predicted molar refractivity (Wildman–Crippen MR) is 189 cm³/mol. The van der Waals surface area contributed by atoms with E-state index in [1.165, 1.54) is 0 Å². The first kappa shape index (κ1) is 36.9. The summed E-state index contributed by atoms with van der Waals surface area (Å²) in [6.45, 7) is 2.95. The van der Waals surface area contributed by atoms with Crippen molar-refractivity contribution in [2.24, 2.45) is 0 Å². The first-order valence-corrected chi connectivity index (χ1v) is 17.1. The summed E-state index contributed by atoms with van der Waals surface area (Å²) in [4.78, 5) is 25.5. The second-order valence-corrected chi connectivity index (χ2v) is 12.9. The molecule has 1 fully saturated rings. The lowest BCUT2D eigenvalue weighted by molar-refractivity contribution is -0.253. The number of carbonyl (C=O) groups is 2. The molecule has 1 saturated heterocycles. The van der Waals surface area contributed by atoms with Gasteiger partial charge < -0.3 is 25.0 Å². The molecule has 0 radical (unpaired) electrons. The molecule has 1 heterocycles. The molecule has 5 rings (SSSR count). The molecule has 1 aliphatic heterocycles. The second-order valence-electron chi connectivity index (χ2n) is 12.9. The van der Waals surface area contributed by atoms with E-state index in [9.17, 15) is 19.8 Å². The summed E-state index contributed by atoms with van der Waals surface area (Å²) in [7, 11) is 2.00. The summed E-state index contributed by atoms with van der Waals surface area (Å²) in [5.41, 5.74) is 8.12. The minimum absolute atomic E-state index is 0.0239. The highest BCUT2D eigenvalue weighted by atomic mass is 16.7. The Bertz CT molecular complexity index is 1670. The fourth-order valence-corrected chi connectivity index (χ4v) is 6.14. The lowest BCUT2D eigenvalue weighted by Gasteiger charge is -2.39. The molecule has 0 spiro atoms. The van der Waals surface area contributed by atoms with Gasteiger partial charge in [0, 0.05) is 44.0 Å². The number of aliphatic hydroxyl groups excluding tert-OH is 2. The van der Waals surface area contributed by atoms with E-state index < -0.39 is 18.3 Å². The van der Waals surface area contributed by atoms with Gasteiger partial charge in [0.15, 0.2) is 6.29 Å². The molecule has 0 saturated carbocycles. The number of benzene rings is 4. The van der Waals surface area contributed by atoms with Crippen LogP contribution in [0, 0.1) is 0 Å². The van der Waals surface area contributed by atoms with Crippen molar-refractivity contribution in [3.8, 4) is 11.1 Å². The summed E-state index contributed by atoms with van der Waals surface area (Å²) >= 11 is 0. The van der Waals surface area contributed by atoms with E-state index in [0.717, 1.165) is 38.9 Å². The molecular weight excluding hydrogens is 634 g/mol. The maximum atomic E-state index is 12.2. The number of aliphatic hydroxyl groups is 2. The van der Waals surface area contributed by atoms with Crippen molar-refractivity contribution in [3.05, 3.63) is 131 Å². The number of rotatable bonds is 15. The molecule has 1 aliphatic rings. The third-order valence-electron chi connectivity index (χ3n) is 9.27. The number of nitrogens with one attached hydrogen (secondary N) is 2. The average Bonchev–Trinajstić information content (AvgIpc) is 3.16. The molecule has 0 aliphatic carbocycles. The van der Waals surface area contributed by atoms with Crippen LogP contribution in [0.15, 0.2) is 103 Å². The Balaban J connectivity index is 1.26. The maximum Gasteiger partial charge on any atom is 0.243 e. The number of likely N-dealkylation sites (N-methyl/N-ethyl adjacent to an activating group) is 1. The molecule has 0 aromatic heterocycles. The minimum Gasteiger partial charge on any atom is -0.392 e. The van der Waals surface area contributed by atoms with Crippen LogP contribution in [0.2, 0.25) is 0 Å². The number of carbonyl (C=O) groups excluding carboxylic acids is 2. The molecule has 5 atom stereocenters. The van der Waals surface area contributed by atoms with Crippen LogP contribution in [-0.4, -0.2) is 57.9 Å². The molecule has 0 bridgehead atoms.